The zero-order chi connectivity index (χ0) is 18.8. The SMILES string of the molecule is CC[C@H](C)N(Cc1cc(NC(=O)C2CC2)ccc1N(C)C)C(=O)C1CC1. The van der Waals surface area contributed by atoms with Gasteiger partial charge in [0.05, 0.1) is 0 Å². The summed E-state index contributed by atoms with van der Waals surface area (Å²) in [4.78, 5) is 29.0. The van der Waals surface area contributed by atoms with E-state index in [1.807, 2.05) is 37.2 Å². The van der Waals surface area contributed by atoms with Crippen LogP contribution in [0.5, 0.6) is 0 Å². The van der Waals surface area contributed by atoms with Gasteiger partial charge in [-0.05, 0) is 62.8 Å². The van der Waals surface area contributed by atoms with Crippen molar-refractivity contribution in [1.82, 2.24) is 4.90 Å². The van der Waals surface area contributed by atoms with E-state index in [1.54, 1.807) is 0 Å². The maximum absolute atomic E-state index is 12.8. The average molecular weight is 357 g/mol. The third-order valence-corrected chi connectivity index (χ3v) is 5.45. The first-order chi connectivity index (χ1) is 12.4. The average Bonchev–Trinajstić information content (AvgIpc) is 3.50. The molecule has 1 atom stereocenters. The fourth-order valence-electron chi connectivity index (χ4n) is 3.24. The van der Waals surface area contributed by atoms with Gasteiger partial charge in [-0.15, -0.1) is 0 Å². The maximum atomic E-state index is 12.8. The highest BCUT2D eigenvalue weighted by atomic mass is 16.2. The number of benzene rings is 1. The van der Waals surface area contributed by atoms with Crippen molar-refractivity contribution in [3.05, 3.63) is 23.8 Å². The van der Waals surface area contributed by atoms with E-state index in [0.717, 1.165) is 49.0 Å². The molecule has 2 aliphatic rings. The van der Waals surface area contributed by atoms with Gasteiger partial charge in [-0.25, -0.2) is 0 Å². The van der Waals surface area contributed by atoms with Crippen LogP contribution >= 0.6 is 0 Å². The molecule has 1 aromatic rings. The van der Waals surface area contributed by atoms with Gasteiger partial charge >= 0.3 is 0 Å². The molecule has 0 bridgehead atoms. The van der Waals surface area contributed by atoms with E-state index in [1.165, 1.54) is 0 Å². The summed E-state index contributed by atoms with van der Waals surface area (Å²) in [5.74, 6) is 0.780. The zero-order valence-electron chi connectivity index (χ0n) is 16.4. The molecule has 0 radical (unpaired) electrons. The monoisotopic (exact) mass is 357 g/mol. The second kappa shape index (κ2) is 7.68. The second-order valence-electron chi connectivity index (χ2n) is 8.00. The Morgan fingerprint density at radius 2 is 1.81 bits per heavy atom. The van der Waals surface area contributed by atoms with E-state index >= 15 is 0 Å². The lowest BCUT2D eigenvalue weighted by molar-refractivity contribution is -0.135. The van der Waals surface area contributed by atoms with Gasteiger partial charge in [0, 0.05) is 49.9 Å². The lowest BCUT2D eigenvalue weighted by Gasteiger charge is -2.31. The largest absolute Gasteiger partial charge is 0.377 e. The van der Waals surface area contributed by atoms with Gasteiger partial charge in [0.25, 0.3) is 0 Å². The second-order valence-corrected chi connectivity index (χ2v) is 8.00. The number of nitrogens with zero attached hydrogens (tertiary/aromatic N) is 2. The molecular weight excluding hydrogens is 326 g/mol. The Hall–Kier alpha value is -2.04. The van der Waals surface area contributed by atoms with E-state index in [0.29, 0.717) is 6.54 Å². The van der Waals surface area contributed by atoms with Crippen LogP contribution in [0.15, 0.2) is 18.2 Å². The number of carbonyl (C=O) groups is 2. The molecule has 142 valence electrons. The Morgan fingerprint density at radius 1 is 1.15 bits per heavy atom. The predicted octanol–water partition coefficient (Wildman–Crippen LogP) is 3.64. The fraction of sp³-hybridized carbons (Fsp3) is 0.619. The minimum atomic E-state index is 0.112. The van der Waals surface area contributed by atoms with Crippen LogP contribution in [0.2, 0.25) is 0 Å². The van der Waals surface area contributed by atoms with Gasteiger partial charge in [0.1, 0.15) is 0 Å². The Morgan fingerprint density at radius 3 is 2.35 bits per heavy atom. The molecule has 2 aliphatic carbocycles. The summed E-state index contributed by atoms with van der Waals surface area (Å²) in [6.45, 7) is 4.83. The fourth-order valence-corrected chi connectivity index (χ4v) is 3.24. The molecule has 0 aliphatic heterocycles. The highest BCUT2D eigenvalue weighted by molar-refractivity contribution is 5.94. The molecule has 2 saturated carbocycles. The van der Waals surface area contributed by atoms with Crippen molar-refractivity contribution >= 4 is 23.2 Å². The summed E-state index contributed by atoms with van der Waals surface area (Å²) in [6.07, 6.45) is 4.96. The Balaban J connectivity index is 1.83. The summed E-state index contributed by atoms with van der Waals surface area (Å²) in [6, 6.07) is 6.23. The summed E-state index contributed by atoms with van der Waals surface area (Å²) >= 11 is 0. The van der Waals surface area contributed by atoms with Crippen molar-refractivity contribution in [1.29, 1.82) is 0 Å². The molecule has 0 spiro atoms. The van der Waals surface area contributed by atoms with Crippen molar-refractivity contribution in [2.45, 2.75) is 58.5 Å². The van der Waals surface area contributed by atoms with Gasteiger partial charge in [0.2, 0.25) is 11.8 Å². The molecule has 2 fully saturated rings. The molecule has 2 amide bonds. The molecule has 0 aromatic heterocycles. The molecule has 0 heterocycles. The van der Waals surface area contributed by atoms with Crippen LogP contribution in [-0.2, 0) is 16.1 Å². The Kier molecular flexibility index (Phi) is 5.54. The lowest BCUT2D eigenvalue weighted by atomic mass is 10.1. The topological polar surface area (TPSA) is 52.7 Å². The van der Waals surface area contributed by atoms with E-state index < -0.39 is 0 Å². The molecule has 0 unspecified atom stereocenters. The van der Waals surface area contributed by atoms with Crippen LogP contribution < -0.4 is 10.2 Å². The van der Waals surface area contributed by atoms with Gasteiger partial charge in [-0.2, -0.15) is 0 Å². The van der Waals surface area contributed by atoms with Crippen LogP contribution in [0.3, 0.4) is 0 Å². The minimum absolute atomic E-state index is 0.112. The molecule has 1 aromatic carbocycles. The minimum Gasteiger partial charge on any atom is -0.377 e. The van der Waals surface area contributed by atoms with Crippen LogP contribution in [0.4, 0.5) is 11.4 Å². The van der Waals surface area contributed by atoms with Gasteiger partial charge < -0.3 is 15.1 Å². The van der Waals surface area contributed by atoms with Crippen LogP contribution in [-0.4, -0.2) is 36.9 Å². The van der Waals surface area contributed by atoms with Crippen molar-refractivity contribution in [3.63, 3.8) is 0 Å². The van der Waals surface area contributed by atoms with Crippen LogP contribution in [0.25, 0.3) is 0 Å². The number of rotatable bonds is 8. The Labute approximate surface area is 156 Å². The smallest absolute Gasteiger partial charge is 0.227 e. The Bertz CT molecular complexity index is 678. The zero-order valence-corrected chi connectivity index (χ0v) is 16.4. The first kappa shape index (κ1) is 18.7. The molecule has 5 nitrogen and oxygen atoms in total. The van der Waals surface area contributed by atoms with E-state index in [2.05, 4.69) is 24.1 Å². The van der Waals surface area contributed by atoms with Crippen molar-refractivity contribution in [2.24, 2.45) is 11.8 Å². The number of carbonyl (C=O) groups excluding carboxylic acids is 2. The molecule has 3 rings (SSSR count). The maximum Gasteiger partial charge on any atom is 0.227 e. The van der Waals surface area contributed by atoms with Crippen molar-refractivity contribution in [3.8, 4) is 0 Å². The number of hydrogen-bond donors (Lipinski definition) is 1. The molecule has 0 saturated heterocycles. The van der Waals surface area contributed by atoms with E-state index in [-0.39, 0.29) is 29.7 Å². The van der Waals surface area contributed by atoms with Crippen LogP contribution in [0.1, 0.15) is 51.5 Å². The van der Waals surface area contributed by atoms with Crippen molar-refractivity contribution < 1.29 is 9.59 Å². The number of amides is 2. The third-order valence-electron chi connectivity index (χ3n) is 5.45. The number of hydrogen-bond acceptors (Lipinski definition) is 3. The highest BCUT2D eigenvalue weighted by Crippen LogP contribution is 2.34. The summed E-state index contributed by atoms with van der Waals surface area (Å²) < 4.78 is 0. The summed E-state index contributed by atoms with van der Waals surface area (Å²) in [5.41, 5.74) is 3.00. The molecule has 26 heavy (non-hydrogen) atoms. The third kappa shape index (κ3) is 4.37. The molecule has 1 N–H and O–H groups in total. The van der Waals surface area contributed by atoms with Gasteiger partial charge in [-0.3, -0.25) is 9.59 Å². The summed E-state index contributed by atoms with van der Waals surface area (Å²) in [5, 5.41) is 3.03. The van der Waals surface area contributed by atoms with Gasteiger partial charge in [0.15, 0.2) is 0 Å². The highest BCUT2D eigenvalue weighted by Gasteiger charge is 2.35. The first-order valence-corrected chi connectivity index (χ1v) is 9.82. The van der Waals surface area contributed by atoms with E-state index in [9.17, 15) is 9.59 Å². The quantitative estimate of drug-likeness (QED) is 0.773. The van der Waals surface area contributed by atoms with Crippen LogP contribution in [0, 0.1) is 11.8 Å². The molecule has 5 heteroatoms. The normalized spacial score (nSPS) is 17.5. The standard InChI is InChI=1S/C21H31N3O2/c1-5-14(2)24(21(26)16-8-9-16)13-17-12-18(10-11-19(17)23(3)4)22-20(25)15-6-7-15/h10-12,14-16H,5-9,13H2,1-4H3,(H,22,25)/t14-/m0/s1. The van der Waals surface area contributed by atoms with E-state index in [4.69, 9.17) is 0 Å². The first-order valence-electron chi connectivity index (χ1n) is 9.82. The number of anilines is 2. The summed E-state index contributed by atoms with van der Waals surface area (Å²) in [7, 11) is 4.02. The predicted molar refractivity (Wildman–Crippen MR) is 105 cm³/mol. The number of nitrogens with one attached hydrogen (secondary N) is 1. The lowest BCUT2D eigenvalue weighted by Crippen LogP contribution is -2.39. The van der Waals surface area contributed by atoms with Crippen molar-refractivity contribution in [2.75, 3.05) is 24.3 Å². The van der Waals surface area contributed by atoms with Gasteiger partial charge in [-0.1, -0.05) is 6.92 Å². The molecular formula is C21H31N3O2.